The van der Waals surface area contributed by atoms with Crippen LogP contribution in [0.2, 0.25) is 0 Å². The standard InChI is InChI=1S/C11H22N2OS/c1-3-6-10-9-13-11(15-10)12-7-5-8-14-4-2/h10H,3-9H2,1-2H3,(H,12,13). The van der Waals surface area contributed by atoms with Crippen molar-refractivity contribution in [2.24, 2.45) is 4.99 Å². The average Bonchev–Trinajstić information content (AvgIpc) is 2.66. The number of nitrogens with one attached hydrogen (secondary N) is 1. The molecule has 0 bridgehead atoms. The van der Waals surface area contributed by atoms with E-state index in [4.69, 9.17) is 4.74 Å². The van der Waals surface area contributed by atoms with Crippen molar-refractivity contribution in [3.63, 3.8) is 0 Å². The summed E-state index contributed by atoms with van der Waals surface area (Å²) in [5.74, 6) is 0. The van der Waals surface area contributed by atoms with E-state index in [1.807, 2.05) is 18.7 Å². The van der Waals surface area contributed by atoms with Crippen molar-refractivity contribution in [3.8, 4) is 0 Å². The maximum atomic E-state index is 5.27. The zero-order valence-corrected chi connectivity index (χ0v) is 10.6. The molecule has 0 saturated heterocycles. The van der Waals surface area contributed by atoms with Gasteiger partial charge in [0.25, 0.3) is 0 Å². The van der Waals surface area contributed by atoms with Gasteiger partial charge in [-0.2, -0.15) is 0 Å². The van der Waals surface area contributed by atoms with Gasteiger partial charge in [0.1, 0.15) is 0 Å². The SMILES string of the molecule is CCCC1CN=C(NCCCOCC)S1. The smallest absolute Gasteiger partial charge is 0.156 e. The van der Waals surface area contributed by atoms with Crippen molar-refractivity contribution in [2.75, 3.05) is 26.3 Å². The van der Waals surface area contributed by atoms with Gasteiger partial charge in [0.2, 0.25) is 0 Å². The van der Waals surface area contributed by atoms with Crippen LogP contribution in [0.4, 0.5) is 0 Å². The summed E-state index contributed by atoms with van der Waals surface area (Å²) in [5, 5.41) is 5.20. The molecular weight excluding hydrogens is 208 g/mol. The summed E-state index contributed by atoms with van der Waals surface area (Å²) in [5.41, 5.74) is 0. The molecule has 4 heteroatoms. The second-order valence-corrected chi connectivity index (χ2v) is 4.94. The maximum Gasteiger partial charge on any atom is 0.156 e. The van der Waals surface area contributed by atoms with Crippen LogP contribution in [-0.2, 0) is 4.74 Å². The lowest BCUT2D eigenvalue weighted by Crippen LogP contribution is -2.21. The lowest BCUT2D eigenvalue weighted by atomic mass is 10.2. The minimum Gasteiger partial charge on any atom is -0.382 e. The number of nitrogens with zero attached hydrogens (tertiary/aromatic N) is 1. The first kappa shape index (κ1) is 12.8. The fourth-order valence-electron chi connectivity index (χ4n) is 1.50. The number of thioether (sulfide) groups is 1. The van der Waals surface area contributed by atoms with Gasteiger partial charge in [0, 0.05) is 25.0 Å². The summed E-state index contributed by atoms with van der Waals surface area (Å²) in [6.45, 7) is 7.89. The molecule has 0 fully saturated rings. The highest BCUT2D eigenvalue weighted by Gasteiger charge is 2.17. The van der Waals surface area contributed by atoms with Gasteiger partial charge in [0.15, 0.2) is 5.17 Å². The molecule has 0 spiro atoms. The average molecular weight is 230 g/mol. The number of aliphatic imine (C=N–C) groups is 1. The van der Waals surface area contributed by atoms with Crippen LogP contribution >= 0.6 is 11.8 Å². The van der Waals surface area contributed by atoms with Crippen LogP contribution in [0, 0.1) is 0 Å². The van der Waals surface area contributed by atoms with Crippen molar-refractivity contribution in [1.29, 1.82) is 0 Å². The fourth-order valence-corrected chi connectivity index (χ4v) is 2.65. The zero-order valence-electron chi connectivity index (χ0n) is 9.79. The van der Waals surface area contributed by atoms with Crippen LogP contribution in [0.5, 0.6) is 0 Å². The van der Waals surface area contributed by atoms with E-state index in [1.165, 1.54) is 12.8 Å². The lowest BCUT2D eigenvalue weighted by molar-refractivity contribution is 0.146. The van der Waals surface area contributed by atoms with Crippen molar-refractivity contribution in [2.45, 2.75) is 38.4 Å². The highest BCUT2D eigenvalue weighted by atomic mass is 32.2. The van der Waals surface area contributed by atoms with Gasteiger partial charge in [-0.3, -0.25) is 4.99 Å². The van der Waals surface area contributed by atoms with Crippen LogP contribution in [-0.4, -0.2) is 36.7 Å². The number of hydrogen-bond donors (Lipinski definition) is 1. The summed E-state index contributed by atoms with van der Waals surface area (Å²) in [6.07, 6.45) is 3.59. The Morgan fingerprint density at radius 2 is 2.40 bits per heavy atom. The Bertz CT molecular complexity index is 197. The van der Waals surface area contributed by atoms with E-state index >= 15 is 0 Å². The second kappa shape index (κ2) is 7.99. The molecule has 0 aliphatic carbocycles. The number of hydrogen-bond acceptors (Lipinski definition) is 4. The minimum atomic E-state index is 0.712. The second-order valence-electron chi connectivity index (χ2n) is 3.65. The van der Waals surface area contributed by atoms with Crippen molar-refractivity contribution in [1.82, 2.24) is 5.32 Å². The molecule has 1 aliphatic rings. The molecule has 0 radical (unpaired) electrons. The molecule has 15 heavy (non-hydrogen) atoms. The number of ether oxygens (including phenoxy) is 1. The Morgan fingerprint density at radius 1 is 1.53 bits per heavy atom. The topological polar surface area (TPSA) is 33.6 Å². The van der Waals surface area contributed by atoms with Gasteiger partial charge in [-0.1, -0.05) is 25.1 Å². The first-order valence-electron chi connectivity index (χ1n) is 5.89. The van der Waals surface area contributed by atoms with Crippen molar-refractivity contribution in [3.05, 3.63) is 0 Å². The van der Waals surface area contributed by atoms with E-state index in [1.54, 1.807) is 0 Å². The molecule has 0 aromatic rings. The predicted molar refractivity (Wildman–Crippen MR) is 67.7 cm³/mol. The molecule has 1 unspecified atom stereocenters. The normalized spacial score (nSPS) is 20.4. The third-order valence-corrected chi connectivity index (χ3v) is 3.49. The van der Waals surface area contributed by atoms with Gasteiger partial charge in [-0.25, -0.2) is 0 Å². The van der Waals surface area contributed by atoms with E-state index in [0.29, 0.717) is 5.25 Å². The zero-order chi connectivity index (χ0) is 10.9. The lowest BCUT2D eigenvalue weighted by Gasteiger charge is -2.07. The van der Waals surface area contributed by atoms with E-state index in [2.05, 4.69) is 17.2 Å². The third-order valence-electron chi connectivity index (χ3n) is 2.27. The Hall–Kier alpha value is -0.220. The number of rotatable bonds is 7. The minimum absolute atomic E-state index is 0.712. The predicted octanol–water partition coefficient (Wildman–Crippen LogP) is 2.27. The van der Waals surface area contributed by atoms with E-state index in [0.717, 1.165) is 37.9 Å². The van der Waals surface area contributed by atoms with Gasteiger partial charge in [-0.15, -0.1) is 0 Å². The summed E-state index contributed by atoms with van der Waals surface area (Å²) in [7, 11) is 0. The van der Waals surface area contributed by atoms with Gasteiger partial charge >= 0.3 is 0 Å². The fraction of sp³-hybridized carbons (Fsp3) is 0.909. The Kier molecular flexibility index (Phi) is 6.85. The highest BCUT2D eigenvalue weighted by molar-refractivity contribution is 8.14. The van der Waals surface area contributed by atoms with E-state index in [-0.39, 0.29) is 0 Å². The first-order valence-corrected chi connectivity index (χ1v) is 6.77. The van der Waals surface area contributed by atoms with Gasteiger partial charge < -0.3 is 10.1 Å². The molecular formula is C11H22N2OS. The van der Waals surface area contributed by atoms with E-state index in [9.17, 15) is 0 Å². The summed E-state index contributed by atoms with van der Waals surface area (Å²) in [4.78, 5) is 4.48. The molecule has 0 aromatic heterocycles. The Labute approximate surface area is 97.1 Å². The molecule has 0 aromatic carbocycles. The van der Waals surface area contributed by atoms with Gasteiger partial charge in [0.05, 0.1) is 6.54 Å². The monoisotopic (exact) mass is 230 g/mol. The summed E-state index contributed by atoms with van der Waals surface area (Å²) in [6, 6.07) is 0. The molecule has 1 rings (SSSR count). The van der Waals surface area contributed by atoms with Crippen LogP contribution in [0.15, 0.2) is 4.99 Å². The molecule has 1 heterocycles. The molecule has 3 nitrogen and oxygen atoms in total. The first-order chi connectivity index (χ1) is 7.36. The molecule has 1 aliphatic heterocycles. The molecule has 1 N–H and O–H groups in total. The summed E-state index contributed by atoms with van der Waals surface area (Å²) >= 11 is 1.90. The highest BCUT2D eigenvalue weighted by Crippen LogP contribution is 2.23. The van der Waals surface area contributed by atoms with Crippen LogP contribution in [0.1, 0.15) is 33.1 Å². The van der Waals surface area contributed by atoms with E-state index < -0.39 is 0 Å². The largest absolute Gasteiger partial charge is 0.382 e. The Morgan fingerprint density at radius 3 is 3.13 bits per heavy atom. The van der Waals surface area contributed by atoms with Crippen molar-refractivity contribution < 1.29 is 4.74 Å². The van der Waals surface area contributed by atoms with Crippen LogP contribution in [0.25, 0.3) is 0 Å². The quantitative estimate of drug-likeness (QED) is 0.681. The molecule has 0 amide bonds. The maximum absolute atomic E-state index is 5.27. The van der Waals surface area contributed by atoms with Gasteiger partial charge in [-0.05, 0) is 19.8 Å². The number of amidine groups is 1. The van der Waals surface area contributed by atoms with Crippen LogP contribution in [0.3, 0.4) is 0 Å². The van der Waals surface area contributed by atoms with Crippen LogP contribution < -0.4 is 5.32 Å². The molecule has 88 valence electrons. The third kappa shape index (κ3) is 5.42. The molecule has 1 atom stereocenters. The molecule has 0 saturated carbocycles. The summed E-state index contributed by atoms with van der Waals surface area (Å²) < 4.78 is 5.27. The van der Waals surface area contributed by atoms with Crippen molar-refractivity contribution >= 4 is 16.9 Å². The Balaban J connectivity index is 1.98.